The van der Waals surface area contributed by atoms with E-state index in [2.05, 4.69) is 15.9 Å². The molecule has 0 bridgehead atoms. The fourth-order valence-electron chi connectivity index (χ4n) is 1.07. The Hall–Kier alpha value is 0.590. The van der Waals surface area contributed by atoms with Gasteiger partial charge in [0.05, 0.1) is 4.48 Å². The van der Waals surface area contributed by atoms with Gasteiger partial charge in [-0.3, -0.25) is 0 Å². The summed E-state index contributed by atoms with van der Waals surface area (Å²) in [6, 6.07) is 10.1. The quantitative estimate of drug-likeness (QED) is 0.388. The molecule has 1 heterocycles. The highest BCUT2D eigenvalue weighted by molar-refractivity contribution is 9.13. The van der Waals surface area contributed by atoms with E-state index in [1.807, 2.05) is 30.3 Å². The zero-order valence-corrected chi connectivity index (χ0v) is 11.6. The monoisotopic (exact) mass is 326 g/mol. The summed E-state index contributed by atoms with van der Waals surface area (Å²) >= 11 is 9.49. The van der Waals surface area contributed by atoms with Gasteiger partial charge in [-0.05, 0) is 51.7 Å². The van der Waals surface area contributed by atoms with Crippen molar-refractivity contribution in [2.45, 2.75) is 0 Å². The summed E-state index contributed by atoms with van der Waals surface area (Å²) in [5, 5.41) is 0. The smallest absolute Gasteiger partial charge is 0.0742 e. The number of benzene rings is 1. The van der Waals surface area contributed by atoms with Crippen LogP contribution in [0.25, 0.3) is 4.91 Å². The highest BCUT2D eigenvalue weighted by Crippen LogP contribution is 2.56. The van der Waals surface area contributed by atoms with E-state index in [0.29, 0.717) is 4.32 Å². The van der Waals surface area contributed by atoms with Gasteiger partial charge in [0, 0.05) is 4.91 Å². The van der Waals surface area contributed by atoms with Crippen LogP contribution in [0.2, 0.25) is 0 Å². The Balaban J connectivity index is 2.42. The minimum Gasteiger partial charge on any atom is -0.0742 e. The Morgan fingerprint density at radius 1 is 1.21 bits per heavy atom. The number of allylic oxidation sites excluding steroid dienone is 1. The lowest BCUT2D eigenvalue weighted by molar-refractivity contribution is 1.66. The Bertz CT molecular complexity index is 426. The van der Waals surface area contributed by atoms with Crippen molar-refractivity contribution >= 4 is 67.0 Å². The molecular formula is C9H5BrCl2S2. The molecule has 0 fully saturated rings. The molecule has 74 valence electrons. The number of rotatable bonds is 1. The molecule has 1 aromatic carbocycles. The number of halogens is 3. The molecule has 0 radical (unpaired) electrons. The van der Waals surface area contributed by atoms with Crippen LogP contribution in [-0.2, 0) is 0 Å². The van der Waals surface area contributed by atoms with Crippen molar-refractivity contribution in [2.75, 3.05) is 0 Å². The molecule has 0 N–H and O–H groups in total. The van der Waals surface area contributed by atoms with Gasteiger partial charge in [0.15, 0.2) is 0 Å². The number of hydrogen-bond donors (Lipinski definition) is 0. The third kappa shape index (κ3) is 2.07. The van der Waals surface area contributed by atoms with Crippen molar-refractivity contribution in [1.29, 1.82) is 0 Å². The fourth-order valence-corrected chi connectivity index (χ4v) is 6.56. The summed E-state index contributed by atoms with van der Waals surface area (Å²) in [7, 11) is 7.22. The van der Waals surface area contributed by atoms with E-state index >= 15 is 0 Å². The summed E-state index contributed by atoms with van der Waals surface area (Å²) < 4.78 is 1.63. The van der Waals surface area contributed by atoms with Gasteiger partial charge < -0.3 is 0 Å². The van der Waals surface area contributed by atoms with Gasteiger partial charge in [-0.1, -0.05) is 41.9 Å². The van der Waals surface area contributed by atoms with Crippen LogP contribution in [-0.4, -0.2) is 4.32 Å². The SMILES string of the molecule is ClC1=S(Cl)SC(c2ccccc2)=C1Br. The first-order valence-corrected chi connectivity index (χ1v) is 8.32. The minimum atomic E-state index is -0.428. The second kappa shape index (κ2) is 4.62. The molecule has 1 aromatic rings. The number of hydrogen-bond acceptors (Lipinski definition) is 1. The Morgan fingerprint density at radius 3 is 2.36 bits per heavy atom. The Kier molecular flexibility index (Phi) is 3.66. The van der Waals surface area contributed by atoms with Crippen LogP contribution >= 0.6 is 57.7 Å². The predicted molar refractivity (Wildman–Crippen MR) is 74.2 cm³/mol. The second-order valence-electron chi connectivity index (χ2n) is 2.59. The maximum atomic E-state index is 6.05. The maximum Gasteiger partial charge on any atom is 0.104 e. The van der Waals surface area contributed by atoms with Crippen LogP contribution < -0.4 is 0 Å². The molecule has 2 rings (SSSR count). The van der Waals surface area contributed by atoms with Gasteiger partial charge in [0.2, 0.25) is 0 Å². The standard InChI is InChI=1S/C9H5BrCl2S2/c10-7-8(13-14(12)9(7)11)6-4-2-1-3-5-6/h1-5H. The summed E-state index contributed by atoms with van der Waals surface area (Å²) in [6.45, 7) is 0. The van der Waals surface area contributed by atoms with Crippen molar-refractivity contribution in [3.63, 3.8) is 0 Å². The molecule has 14 heavy (non-hydrogen) atoms. The Labute approximate surface area is 107 Å². The van der Waals surface area contributed by atoms with Crippen LogP contribution in [0.15, 0.2) is 34.8 Å². The first kappa shape index (κ1) is 11.1. The molecule has 0 amide bonds. The summed E-state index contributed by atoms with van der Waals surface area (Å²) in [5.74, 6) is 0. The first-order chi connectivity index (χ1) is 6.70. The van der Waals surface area contributed by atoms with Gasteiger partial charge in [0.25, 0.3) is 0 Å². The van der Waals surface area contributed by atoms with E-state index in [9.17, 15) is 0 Å². The topological polar surface area (TPSA) is 0 Å². The van der Waals surface area contributed by atoms with Crippen LogP contribution in [0.5, 0.6) is 0 Å². The summed E-state index contributed by atoms with van der Waals surface area (Å²) in [4.78, 5) is 1.12. The molecule has 1 unspecified atom stereocenters. The summed E-state index contributed by atoms with van der Waals surface area (Å²) in [5.41, 5.74) is 1.15. The molecule has 1 aliphatic rings. The lowest BCUT2D eigenvalue weighted by atomic mass is 10.2. The lowest BCUT2D eigenvalue weighted by Crippen LogP contribution is -1.82. The van der Waals surface area contributed by atoms with E-state index in [1.165, 1.54) is 0 Å². The maximum absolute atomic E-state index is 6.05. The van der Waals surface area contributed by atoms with Crippen molar-refractivity contribution in [3.8, 4) is 0 Å². The molecule has 0 aromatic heterocycles. The van der Waals surface area contributed by atoms with Gasteiger partial charge in [0.1, 0.15) is 4.32 Å². The molecule has 0 aliphatic carbocycles. The third-order valence-electron chi connectivity index (χ3n) is 1.71. The van der Waals surface area contributed by atoms with Crippen LogP contribution in [0.4, 0.5) is 0 Å². The molecule has 0 nitrogen and oxygen atoms in total. The predicted octanol–water partition coefficient (Wildman–Crippen LogP) is 5.20. The van der Waals surface area contributed by atoms with E-state index in [1.54, 1.807) is 10.8 Å². The molecular weight excluding hydrogens is 323 g/mol. The van der Waals surface area contributed by atoms with Crippen molar-refractivity contribution < 1.29 is 0 Å². The van der Waals surface area contributed by atoms with Crippen LogP contribution in [0.1, 0.15) is 5.56 Å². The van der Waals surface area contributed by atoms with Crippen molar-refractivity contribution in [1.82, 2.24) is 0 Å². The van der Waals surface area contributed by atoms with Crippen LogP contribution in [0.3, 0.4) is 0 Å². The molecule has 0 spiro atoms. The molecule has 5 heteroatoms. The second-order valence-corrected chi connectivity index (χ2v) is 8.39. The van der Waals surface area contributed by atoms with Gasteiger partial charge >= 0.3 is 0 Å². The van der Waals surface area contributed by atoms with Gasteiger partial charge in [-0.25, -0.2) is 0 Å². The highest BCUT2D eigenvalue weighted by Gasteiger charge is 2.21. The Morgan fingerprint density at radius 2 is 1.86 bits per heavy atom. The minimum absolute atomic E-state index is 0.428. The average molecular weight is 328 g/mol. The van der Waals surface area contributed by atoms with E-state index in [4.69, 9.17) is 22.3 Å². The van der Waals surface area contributed by atoms with Crippen molar-refractivity contribution in [2.24, 2.45) is 0 Å². The highest BCUT2D eigenvalue weighted by atomic mass is 79.9. The van der Waals surface area contributed by atoms with Crippen molar-refractivity contribution in [3.05, 3.63) is 40.4 Å². The molecule has 1 aliphatic heterocycles. The fraction of sp³-hybridized carbons (Fsp3) is 0. The largest absolute Gasteiger partial charge is 0.104 e. The van der Waals surface area contributed by atoms with E-state index < -0.39 is 8.73 Å². The average Bonchev–Trinajstić information content (AvgIpc) is 2.47. The van der Waals surface area contributed by atoms with Crippen LogP contribution in [0, 0.1) is 0 Å². The van der Waals surface area contributed by atoms with E-state index in [0.717, 1.165) is 15.0 Å². The normalized spacial score (nSPS) is 21.9. The molecule has 0 saturated heterocycles. The van der Waals surface area contributed by atoms with Gasteiger partial charge in [-0.15, -0.1) is 0 Å². The zero-order chi connectivity index (χ0) is 10.1. The zero-order valence-electron chi connectivity index (χ0n) is 6.84. The summed E-state index contributed by atoms with van der Waals surface area (Å²) in [6.07, 6.45) is 0. The van der Waals surface area contributed by atoms with Gasteiger partial charge in [-0.2, -0.15) is 0 Å². The lowest BCUT2D eigenvalue weighted by Gasteiger charge is -2.01. The molecule has 0 saturated carbocycles. The first-order valence-electron chi connectivity index (χ1n) is 3.77. The van der Waals surface area contributed by atoms with E-state index in [-0.39, 0.29) is 0 Å². The third-order valence-corrected chi connectivity index (χ3v) is 8.12. The molecule has 1 atom stereocenters.